The number of carbonyl (C=O) groups is 2. The second-order valence-corrected chi connectivity index (χ2v) is 9.70. The molecule has 0 unspecified atom stereocenters. The molecule has 0 saturated heterocycles. The van der Waals surface area contributed by atoms with Crippen molar-refractivity contribution in [1.82, 2.24) is 10.3 Å². The summed E-state index contributed by atoms with van der Waals surface area (Å²) in [6.45, 7) is 0.728. The summed E-state index contributed by atoms with van der Waals surface area (Å²) >= 11 is 0. The lowest BCUT2D eigenvalue weighted by molar-refractivity contribution is 0.102. The molecule has 0 saturated carbocycles. The smallest absolute Gasteiger partial charge is 0.412 e. The molecule has 0 fully saturated rings. The second kappa shape index (κ2) is 12.5. The van der Waals surface area contributed by atoms with Gasteiger partial charge in [-0.3, -0.25) is 9.78 Å². The predicted molar refractivity (Wildman–Crippen MR) is 167 cm³/mol. The van der Waals surface area contributed by atoms with Crippen LogP contribution >= 0.6 is 0 Å². The van der Waals surface area contributed by atoms with Gasteiger partial charge in [0.05, 0.1) is 12.3 Å². The highest BCUT2D eigenvalue weighted by molar-refractivity contribution is 6.09. The van der Waals surface area contributed by atoms with Crippen molar-refractivity contribution in [2.75, 3.05) is 30.9 Å². The Morgan fingerprint density at radius 3 is 2.40 bits per heavy atom. The molecule has 6 rings (SSSR count). The van der Waals surface area contributed by atoms with Crippen molar-refractivity contribution < 1.29 is 23.5 Å². The van der Waals surface area contributed by atoms with E-state index in [0.717, 1.165) is 44.6 Å². The maximum Gasteiger partial charge on any atom is 0.412 e. The van der Waals surface area contributed by atoms with E-state index in [1.54, 1.807) is 37.6 Å². The third kappa shape index (κ3) is 6.32. The second-order valence-electron chi connectivity index (χ2n) is 9.70. The number of pyridine rings is 1. The molecule has 2 aromatic heterocycles. The number of aromatic nitrogens is 1. The van der Waals surface area contributed by atoms with E-state index in [1.807, 2.05) is 66.7 Å². The van der Waals surface area contributed by atoms with Crippen molar-refractivity contribution in [3.8, 4) is 17.0 Å². The van der Waals surface area contributed by atoms with Crippen molar-refractivity contribution >= 4 is 51.0 Å². The van der Waals surface area contributed by atoms with Crippen LogP contribution in [0.4, 0.5) is 21.9 Å². The van der Waals surface area contributed by atoms with Crippen LogP contribution in [0.3, 0.4) is 0 Å². The number of anilines is 3. The Morgan fingerprint density at radius 1 is 0.814 bits per heavy atom. The monoisotopic (exact) mass is 572 g/mol. The Labute approximate surface area is 247 Å². The third-order valence-corrected chi connectivity index (χ3v) is 6.77. The molecule has 0 bridgehead atoms. The number of hydrogen-bond acceptors (Lipinski definition) is 7. The van der Waals surface area contributed by atoms with Crippen molar-refractivity contribution in [3.63, 3.8) is 0 Å². The Hall–Kier alpha value is -5.67. The number of rotatable bonds is 9. The molecular formula is C34H28N4O5. The van der Waals surface area contributed by atoms with Gasteiger partial charge >= 0.3 is 6.09 Å². The van der Waals surface area contributed by atoms with Crippen molar-refractivity contribution in [2.24, 2.45) is 0 Å². The van der Waals surface area contributed by atoms with E-state index >= 15 is 0 Å². The minimum atomic E-state index is -0.588. The first-order valence-corrected chi connectivity index (χ1v) is 13.7. The number of nitrogens with zero attached hydrogens (tertiary/aromatic N) is 1. The molecule has 2 amide bonds. The number of benzene rings is 4. The van der Waals surface area contributed by atoms with Gasteiger partial charge in [0.25, 0.3) is 5.91 Å². The number of ether oxygens (including phenoxy) is 2. The van der Waals surface area contributed by atoms with Gasteiger partial charge in [-0.1, -0.05) is 30.3 Å². The summed E-state index contributed by atoms with van der Waals surface area (Å²) in [6.07, 6.45) is 1.17. The molecule has 9 heteroatoms. The van der Waals surface area contributed by atoms with Crippen molar-refractivity contribution in [3.05, 3.63) is 115 Å². The largest absolute Gasteiger partial charge is 0.455 e. The molecule has 214 valence electrons. The van der Waals surface area contributed by atoms with Crippen LogP contribution in [0.2, 0.25) is 0 Å². The van der Waals surface area contributed by atoms with Gasteiger partial charge in [0.1, 0.15) is 16.9 Å². The van der Waals surface area contributed by atoms with Crippen LogP contribution in [0.5, 0.6) is 5.75 Å². The molecule has 2 heterocycles. The number of furan rings is 1. The molecule has 0 spiro atoms. The molecule has 0 aliphatic carbocycles. The van der Waals surface area contributed by atoms with Gasteiger partial charge in [0.15, 0.2) is 0 Å². The Morgan fingerprint density at radius 2 is 1.58 bits per heavy atom. The van der Waals surface area contributed by atoms with Crippen LogP contribution in [-0.4, -0.2) is 37.2 Å². The lowest BCUT2D eigenvalue weighted by atomic mass is 10.1. The number of nitrogens with one attached hydrogen (secondary N) is 3. The highest BCUT2D eigenvalue weighted by Gasteiger charge is 2.13. The van der Waals surface area contributed by atoms with E-state index in [9.17, 15) is 9.59 Å². The van der Waals surface area contributed by atoms with E-state index in [4.69, 9.17) is 13.9 Å². The molecule has 43 heavy (non-hydrogen) atoms. The summed E-state index contributed by atoms with van der Waals surface area (Å²) < 4.78 is 16.3. The first-order chi connectivity index (χ1) is 21.1. The van der Waals surface area contributed by atoms with Crippen LogP contribution in [0.15, 0.2) is 114 Å². The van der Waals surface area contributed by atoms with E-state index < -0.39 is 6.09 Å². The number of carbonyl (C=O) groups excluding carboxylic acids is 2. The Balaban J connectivity index is 1.09. The van der Waals surface area contributed by atoms with Gasteiger partial charge in [-0.15, -0.1) is 0 Å². The molecule has 6 aromatic rings. The lowest BCUT2D eigenvalue weighted by Gasteiger charge is -2.10. The van der Waals surface area contributed by atoms with Gasteiger partial charge in [-0.05, 0) is 72.8 Å². The van der Waals surface area contributed by atoms with Gasteiger partial charge in [-0.25, -0.2) is 4.79 Å². The third-order valence-electron chi connectivity index (χ3n) is 6.77. The molecular weight excluding hydrogens is 544 g/mol. The standard InChI is InChI=1S/C34H28N4O5/c1-41-20-19-36-34(40)42-26-15-9-22(10-16-26)33(39)38-24-13-11-23(12-14-24)37-25-17-18-35-30(21-25)29-7-4-6-28-27-5-2-3-8-31(27)43-32(28)29/h2-18,21H,19-20H2,1H3,(H,35,37)(H,36,40)(H,38,39). The van der Waals surface area contributed by atoms with E-state index in [1.165, 1.54) is 0 Å². The quantitative estimate of drug-likeness (QED) is 0.155. The summed E-state index contributed by atoms with van der Waals surface area (Å²) in [7, 11) is 1.55. The number of methoxy groups -OCH3 is 1. The maximum atomic E-state index is 12.7. The topological polar surface area (TPSA) is 115 Å². The van der Waals surface area contributed by atoms with Crippen LogP contribution in [0.1, 0.15) is 10.4 Å². The summed E-state index contributed by atoms with van der Waals surface area (Å²) in [5.41, 5.74) is 6.14. The Bertz CT molecular complexity index is 1900. The minimum absolute atomic E-state index is 0.282. The molecule has 0 radical (unpaired) electrons. The fraction of sp³-hybridized carbons (Fsp3) is 0.0882. The lowest BCUT2D eigenvalue weighted by Crippen LogP contribution is -2.29. The van der Waals surface area contributed by atoms with E-state index in [-0.39, 0.29) is 5.91 Å². The number of para-hydroxylation sites is 2. The van der Waals surface area contributed by atoms with Gasteiger partial charge in [-0.2, -0.15) is 0 Å². The minimum Gasteiger partial charge on any atom is -0.455 e. The summed E-state index contributed by atoms with van der Waals surface area (Å²) in [5, 5.41) is 11.0. The summed E-state index contributed by atoms with van der Waals surface area (Å²) in [5.74, 6) is 0.0470. The highest BCUT2D eigenvalue weighted by atomic mass is 16.6. The molecule has 0 aliphatic rings. The number of fused-ring (bicyclic) bond motifs is 3. The Kier molecular flexibility index (Phi) is 7.97. The number of hydrogen-bond donors (Lipinski definition) is 3. The normalized spacial score (nSPS) is 10.9. The summed E-state index contributed by atoms with van der Waals surface area (Å²) in [6, 6.07) is 31.7. The van der Waals surface area contributed by atoms with E-state index in [2.05, 4.69) is 33.1 Å². The molecule has 9 nitrogen and oxygen atoms in total. The fourth-order valence-electron chi connectivity index (χ4n) is 4.68. The van der Waals surface area contributed by atoms with Gasteiger partial charge in [0, 0.05) is 58.8 Å². The maximum absolute atomic E-state index is 12.7. The van der Waals surface area contributed by atoms with Crippen LogP contribution < -0.4 is 20.7 Å². The predicted octanol–water partition coefficient (Wildman–Crippen LogP) is 7.38. The molecule has 4 aromatic carbocycles. The zero-order valence-corrected chi connectivity index (χ0v) is 23.3. The van der Waals surface area contributed by atoms with E-state index in [0.29, 0.717) is 30.2 Å². The van der Waals surface area contributed by atoms with Gasteiger partial charge in [0.2, 0.25) is 0 Å². The molecule has 3 N–H and O–H groups in total. The first-order valence-electron chi connectivity index (χ1n) is 13.7. The molecule has 0 atom stereocenters. The summed E-state index contributed by atoms with van der Waals surface area (Å²) in [4.78, 5) is 29.1. The zero-order valence-electron chi connectivity index (χ0n) is 23.3. The fourth-order valence-corrected chi connectivity index (χ4v) is 4.68. The highest BCUT2D eigenvalue weighted by Crippen LogP contribution is 2.35. The zero-order chi connectivity index (χ0) is 29.6. The SMILES string of the molecule is COCCNC(=O)Oc1ccc(C(=O)Nc2ccc(Nc3ccnc(-c4cccc5c4oc4ccccc45)c3)cc2)cc1. The van der Waals surface area contributed by atoms with Crippen molar-refractivity contribution in [1.29, 1.82) is 0 Å². The molecule has 0 aliphatic heterocycles. The van der Waals surface area contributed by atoms with Crippen LogP contribution in [0.25, 0.3) is 33.2 Å². The van der Waals surface area contributed by atoms with Crippen LogP contribution in [0, 0.1) is 0 Å². The van der Waals surface area contributed by atoms with Crippen LogP contribution in [-0.2, 0) is 4.74 Å². The number of amides is 2. The van der Waals surface area contributed by atoms with Crippen molar-refractivity contribution in [2.45, 2.75) is 0 Å². The first kappa shape index (κ1) is 27.5. The van der Waals surface area contributed by atoms with Gasteiger partial charge < -0.3 is 29.8 Å². The average molecular weight is 573 g/mol. The average Bonchev–Trinajstić information content (AvgIpc) is 3.42.